The number of allylic oxidation sites excluding steroid dienone is 1. The fourth-order valence-electron chi connectivity index (χ4n) is 1.52. The van der Waals surface area contributed by atoms with E-state index in [0.29, 0.717) is 17.4 Å². The molecule has 4 heteroatoms. The van der Waals surface area contributed by atoms with Crippen molar-refractivity contribution in [2.45, 2.75) is 6.92 Å². The third-order valence-electron chi connectivity index (χ3n) is 2.45. The van der Waals surface area contributed by atoms with Crippen molar-refractivity contribution in [3.8, 4) is 0 Å². The van der Waals surface area contributed by atoms with Crippen molar-refractivity contribution >= 4 is 35.6 Å². The van der Waals surface area contributed by atoms with Crippen molar-refractivity contribution in [2.75, 3.05) is 11.5 Å². The summed E-state index contributed by atoms with van der Waals surface area (Å²) in [6.45, 7) is 1.97. The molecule has 0 aliphatic carbocycles. The average Bonchev–Trinajstić information content (AvgIpc) is 2.84. The second-order valence-electron chi connectivity index (χ2n) is 3.71. The minimum atomic E-state index is -0.170. The first kappa shape index (κ1) is 12.5. The Labute approximate surface area is 109 Å². The summed E-state index contributed by atoms with van der Waals surface area (Å²) in [6.07, 6.45) is 0.683. The van der Waals surface area contributed by atoms with E-state index in [0.717, 1.165) is 21.3 Å². The molecule has 1 aliphatic heterocycles. The number of Topliss-reactive ketones (excluding diaryl/α,β-unsaturated/α-hetero) is 1. The van der Waals surface area contributed by atoms with E-state index in [2.05, 4.69) is 0 Å². The molecule has 1 fully saturated rings. The van der Waals surface area contributed by atoms with E-state index in [9.17, 15) is 9.59 Å². The Morgan fingerprint density at radius 2 is 1.76 bits per heavy atom. The molecule has 17 heavy (non-hydrogen) atoms. The number of carbonyl (C=O) groups is 2. The van der Waals surface area contributed by atoms with Crippen molar-refractivity contribution in [3.63, 3.8) is 0 Å². The van der Waals surface area contributed by atoms with Gasteiger partial charge >= 0.3 is 0 Å². The predicted octanol–water partition coefficient (Wildman–Crippen LogP) is 3.07. The maximum atomic E-state index is 12.2. The van der Waals surface area contributed by atoms with E-state index in [1.54, 1.807) is 35.7 Å². The van der Waals surface area contributed by atoms with Gasteiger partial charge in [-0.2, -0.15) is 0 Å². The zero-order valence-electron chi connectivity index (χ0n) is 9.43. The van der Waals surface area contributed by atoms with Gasteiger partial charge in [-0.05, 0) is 6.92 Å². The van der Waals surface area contributed by atoms with Gasteiger partial charge in [-0.1, -0.05) is 29.8 Å². The van der Waals surface area contributed by atoms with Gasteiger partial charge < -0.3 is 0 Å². The topological polar surface area (TPSA) is 34.1 Å². The maximum Gasteiger partial charge on any atom is 0.197 e. The molecule has 1 heterocycles. The van der Waals surface area contributed by atoms with Crippen LogP contribution in [0.5, 0.6) is 0 Å². The molecule has 0 amide bonds. The van der Waals surface area contributed by atoms with Crippen LogP contribution in [0.1, 0.15) is 15.9 Å². The zero-order valence-corrected chi connectivity index (χ0v) is 11.1. The lowest BCUT2D eigenvalue weighted by Gasteiger charge is -2.03. The van der Waals surface area contributed by atoms with Gasteiger partial charge in [0.05, 0.1) is 9.81 Å². The largest absolute Gasteiger partial charge is 0.298 e. The molecule has 0 atom stereocenters. The number of carbonyl (C=O) groups excluding carboxylic acids is 2. The van der Waals surface area contributed by atoms with E-state index >= 15 is 0 Å². The summed E-state index contributed by atoms with van der Waals surface area (Å²) in [5.74, 6) is 1.77. The Kier molecular flexibility index (Phi) is 4.07. The van der Waals surface area contributed by atoms with Crippen LogP contribution < -0.4 is 0 Å². The first-order valence-electron chi connectivity index (χ1n) is 5.29. The van der Waals surface area contributed by atoms with Gasteiger partial charge in [-0.25, -0.2) is 0 Å². The summed E-state index contributed by atoms with van der Waals surface area (Å²) < 4.78 is 0.866. The minimum absolute atomic E-state index is 0.170. The molecule has 1 aromatic rings. The molecule has 2 rings (SSSR count). The molecule has 1 saturated heterocycles. The summed E-state index contributed by atoms with van der Waals surface area (Å²) >= 11 is 3.18. The molecular weight excluding hydrogens is 252 g/mol. The molecule has 1 aromatic carbocycles. The minimum Gasteiger partial charge on any atom is -0.298 e. The summed E-state index contributed by atoms with van der Waals surface area (Å²) in [6, 6.07) is 7.31. The van der Waals surface area contributed by atoms with Gasteiger partial charge in [-0.15, -0.1) is 23.5 Å². The second-order valence-corrected chi connectivity index (χ2v) is 6.18. The van der Waals surface area contributed by atoms with E-state index in [4.69, 9.17) is 0 Å². The molecule has 0 unspecified atom stereocenters. The molecule has 2 nitrogen and oxygen atoms in total. The molecule has 1 aliphatic rings. The van der Waals surface area contributed by atoms with Gasteiger partial charge in [0, 0.05) is 17.1 Å². The van der Waals surface area contributed by atoms with E-state index in [-0.39, 0.29) is 5.78 Å². The SMILES string of the molecule is Cc1ccc(C(=O)C(C=O)=C2SCCS2)cc1. The highest BCUT2D eigenvalue weighted by molar-refractivity contribution is 8.25. The lowest BCUT2D eigenvalue weighted by molar-refractivity contribution is -0.104. The number of aryl methyl sites for hydroxylation is 1. The monoisotopic (exact) mass is 264 g/mol. The highest BCUT2D eigenvalue weighted by atomic mass is 32.2. The Bertz CT molecular complexity index is 467. The fraction of sp³-hybridized carbons (Fsp3) is 0.231. The Balaban J connectivity index is 2.32. The van der Waals surface area contributed by atoms with E-state index in [1.807, 2.05) is 19.1 Å². The summed E-state index contributed by atoms with van der Waals surface area (Å²) in [7, 11) is 0. The van der Waals surface area contributed by atoms with Gasteiger partial charge in [-0.3, -0.25) is 9.59 Å². The summed E-state index contributed by atoms with van der Waals surface area (Å²) in [5.41, 5.74) is 1.99. The fourth-order valence-corrected chi connectivity index (χ4v) is 3.98. The number of hydrogen-bond acceptors (Lipinski definition) is 4. The quantitative estimate of drug-likeness (QED) is 0.276. The van der Waals surface area contributed by atoms with Gasteiger partial charge in [0.25, 0.3) is 0 Å². The van der Waals surface area contributed by atoms with Crippen LogP contribution in [0.4, 0.5) is 0 Å². The van der Waals surface area contributed by atoms with Crippen molar-refractivity contribution in [2.24, 2.45) is 0 Å². The zero-order chi connectivity index (χ0) is 12.3. The van der Waals surface area contributed by atoms with Crippen LogP contribution in [-0.4, -0.2) is 23.6 Å². The van der Waals surface area contributed by atoms with E-state index in [1.165, 1.54) is 0 Å². The number of ketones is 1. The van der Waals surface area contributed by atoms with Crippen LogP contribution in [0.2, 0.25) is 0 Å². The highest BCUT2D eigenvalue weighted by Gasteiger charge is 2.20. The van der Waals surface area contributed by atoms with Crippen LogP contribution >= 0.6 is 23.5 Å². The lowest BCUT2D eigenvalue weighted by Crippen LogP contribution is -2.05. The van der Waals surface area contributed by atoms with Crippen molar-refractivity contribution in [1.29, 1.82) is 0 Å². The molecule has 0 saturated carbocycles. The van der Waals surface area contributed by atoms with Crippen molar-refractivity contribution in [1.82, 2.24) is 0 Å². The van der Waals surface area contributed by atoms with Crippen LogP contribution in [-0.2, 0) is 4.79 Å². The van der Waals surface area contributed by atoms with Gasteiger partial charge in [0.2, 0.25) is 0 Å². The third-order valence-corrected chi connectivity index (χ3v) is 5.19. The molecule has 0 bridgehead atoms. The normalized spacial score (nSPS) is 14.8. The Morgan fingerprint density at radius 1 is 1.18 bits per heavy atom. The molecular formula is C13H12O2S2. The van der Waals surface area contributed by atoms with Crippen molar-refractivity contribution < 1.29 is 9.59 Å². The predicted molar refractivity (Wildman–Crippen MR) is 73.5 cm³/mol. The number of aldehydes is 1. The third kappa shape index (κ3) is 2.82. The first-order valence-corrected chi connectivity index (χ1v) is 7.26. The van der Waals surface area contributed by atoms with Crippen LogP contribution in [0.3, 0.4) is 0 Å². The second kappa shape index (κ2) is 5.56. The number of benzene rings is 1. The van der Waals surface area contributed by atoms with Gasteiger partial charge in [0.15, 0.2) is 12.1 Å². The molecule has 0 aromatic heterocycles. The van der Waals surface area contributed by atoms with Crippen LogP contribution in [0.25, 0.3) is 0 Å². The average molecular weight is 264 g/mol. The number of thioether (sulfide) groups is 2. The van der Waals surface area contributed by atoms with Crippen LogP contribution in [0.15, 0.2) is 34.1 Å². The Morgan fingerprint density at radius 3 is 2.29 bits per heavy atom. The first-order chi connectivity index (χ1) is 8.22. The number of rotatable bonds is 3. The molecule has 0 spiro atoms. The molecule has 0 radical (unpaired) electrons. The molecule has 88 valence electrons. The van der Waals surface area contributed by atoms with E-state index < -0.39 is 0 Å². The Hall–Kier alpha value is -1.000. The molecule has 0 N–H and O–H groups in total. The van der Waals surface area contributed by atoms with Gasteiger partial charge in [0.1, 0.15) is 0 Å². The maximum absolute atomic E-state index is 12.2. The summed E-state index contributed by atoms with van der Waals surface area (Å²) in [4.78, 5) is 23.2. The standard InChI is InChI=1S/C13H12O2S2/c1-9-2-4-10(5-3-9)12(15)11(8-14)13-16-6-7-17-13/h2-5,8H,6-7H2,1H3. The highest BCUT2D eigenvalue weighted by Crippen LogP contribution is 2.38. The number of hydrogen-bond donors (Lipinski definition) is 0. The van der Waals surface area contributed by atoms with Crippen LogP contribution in [0, 0.1) is 6.92 Å². The lowest BCUT2D eigenvalue weighted by atomic mass is 10.0. The smallest absolute Gasteiger partial charge is 0.197 e. The summed E-state index contributed by atoms with van der Waals surface area (Å²) in [5, 5.41) is 0. The van der Waals surface area contributed by atoms with Crippen molar-refractivity contribution in [3.05, 3.63) is 45.2 Å².